The molecule has 0 saturated carbocycles. The number of nitrogens with one attached hydrogen (secondary N) is 2. The number of thiazole rings is 1. The second-order valence-electron chi connectivity index (χ2n) is 14.0. The molecular formula is C40H39N5O7S2. The molecule has 7 rings (SSSR count). The van der Waals surface area contributed by atoms with Gasteiger partial charge in [-0.3, -0.25) is 19.3 Å². The smallest absolute Gasteiger partial charge is 0.355 e. The molecule has 2 fully saturated rings. The van der Waals surface area contributed by atoms with Crippen LogP contribution in [0.3, 0.4) is 0 Å². The minimum Gasteiger partial charge on any atom is -0.465 e. The van der Waals surface area contributed by atoms with E-state index < -0.39 is 40.3 Å². The van der Waals surface area contributed by atoms with Crippen molar-refractivity contribution in [1.29, 1.82) is 0 Å². The molecular weight excluding hydrogens is 727 g/mol. The molecule has 14 heteroatoms. The van der Waals surface area contributed by atoms with Gasteiger partial charge in [-0.25, -0.2) is 9.78 Å². The fourth-order valence-corrected chi connectivity index (χ4v) is 9.10. The quantitative estimate of drug-likeness (QED) is 0.0664. The largest absolute Gasteiger partial charge is 0.465 e. The van der Waals surface area contributed by atoms with Crippen molar-refractivity contribution in [1.82, 2.24) is 15.2 Å². The van der Waals surface area contributed by atoms with E-state index in [0.717, 1.165) is 16.7 Å². The number of anilines is 1. The molecule has 3 aliphatic rings. The first-order valence-electron chi connectivity index (χ1n) is 17.4. The van der Waals surface area contributed by atoms with Gasteiger partial charge in [-0.05, 0) is 43.0 Å². The van der Waals surface area contributed by atoms with Gasteiger partial charge in [0.25, 0.3) is 11.8 Å². The fourth-order valence-electron chi connectivity index (χ4n) is 6.89. The summed E-state index contributed by atoms with van der Waals surface area (Å²) in [7, 11) is 1.33. The molecule has 1 unspecified atom stereocenters. The Morgan fingerprint density at radius 2 is 1.52 bits per heavy atom. The maximum atomic E-state index is 13.9. The number of β-lactam (4-membered cyclic amide) rings is 1. The molecule has 0 aliphatic carbocycles. The van der Waals surface area contributed by atoms with Crippen molar-refractivity contribution in [2.75, 3.05) is 24.8 Å². The summed E-state index contributed by atoms with van der Waals surface area (Å²) in [5.41, 5.74) is 2.12. The van der Waals surface area contributed by atoms with E-state index in [0.29, 0.717) is 16.5 Å². The number of fused-ring (bicyclic) bond motifs is 1. The van der Waals surface area contributed by atoms with Crippen molar-refractivity contribution in [2.24, 2.45) is 11.1 Å². The maximum Gasteiger partial charge on any atom is 0.355 e. The van der Waals surface area contributed by atoms with Crippen LogP contribution >= 0.6 is 23.1 Å². The number of amides is 2. The molecule has 12 nitrogen and oxygen atoms in total. The van der Waals surface area contributed by atoms with Gasteiger partial charge < -0.3 is 24.9 Å². The number of esters is 2. The van der Waals surface area contributed by atoms with E-state index in [9.17, 15) is 19.2 Å². The molecule has 278 valence electrons. The van der Waals surface area contributed by atoms with Gasteiger partial charge in [-0.2, -0.15) is 0 Å². The Morgan fingerprint density at radius 3 is 2.04 bits per heavy atom. The zero-order valence-electron chi connectivity index (χ0n) is 30.1. The average Bonchev–Trinajstić information content (AvgIpc) is 3.83. The zero-order chi connectivity index (χ0) is 38.0. The van der Waals surface area contributed by atoms with Crippen molar-refractivity contribution < 1.29 is 33.5 Å². The third-order valence-electron chi connectivity index (χ3n) is 9.29. The molecule has 4 heterocycles. The Morgan fingerprint density at radius 1 is 0.926 bits per heavy atom. The number of cyclic esters (lactones) is 1. The van der Waals surface area contributed by atoms with Crippen LogP contribution in [0.4, 0.5) is 5.13 Å². The van der Waals surface area contributed by atoms with E-state index >= 15 is 0 Å². The third kappa shape index (κ3) is 7.10. The highest BCUT2D eigenvalue weighted by Crippen LogP contribution is 2.45. The predicted octanol–water partition coefficient (Wildman–Crippen LogP) is 5.46. The monoisotopic (exact) mass is 765 g/mol. The number of oxime groups is 1. The van der Waals surface area contributed by atoms with Gasteiger partial charge >= 0.3 is 11.9 Å². The van der Waals surface area contributed by atoms with Gasteiger partial charge in [-0.15, -0.1) is 23.1 Å². The molecule has 3 aliphatic heterocycles. The van der Waals surface area contributed by atoms with Crippen molar-refractivity contribution in [3.8, 4) is 0 Å². The van der Waals surface area contributed by atoms with Crippen LogP contribution in [0.5, 0.6) is 0 Å². The van der Waals surface area contributed by atoms with Crippen LogP contribution in [0.1, 0.15) is 49.6 Å². The van der Waals surface area contributed by atoms with Crippen molar-refractivity contribution >= 4 is 57.7 Å². The summed E-state index contributed by atoms with van der Waals surface area (Å²) in [6.07, 6.45) is 0.111. The lowest BCUT2D eigenvalue weighted by Gasteiger charge is -2.50. The number of ether oxygens (including phenoxy) is 2. The normalized spacial score (nSPS) is 20.1. The standard InChI is InChI=1S/C40H39N5O7S2/c1-39(2,3)52-37(49)33-28(24-20-30(46)51-21-24)22-53-36-32(35(48)45(33)36)42-34(47)31(44-50-4)29-23-54-38(41-29)43-40(25-14-8-5-9-15-25,26-16-10-6-11-17-26)27-18-12-7-13-19-27/h5-19,23-24,32,36H,20-22H2,1-4H3,(H,41,43)(H,42,47)/b44-31-/t24?,32-,36-/m1/s1. The van der Waals surface area contributed by atoms with Gasteiger partial charge in [0.15, 0.2) is 10.8 Å². The summed E-state index contributed by atoms with van der Waals surface area (Å²) >= 11 is 2.69. The second-order valence-corrected chi connectivity index (χ2v) is 15.9. The van der Waals surface area contributed by atoms with E-state index in [2.05, 4.69) is 52.2 Å². The van der Waals surface area contributed by atoms with Crippen molar-refractivity contribution in [3.05, 3.63) is 130 Å². The summed E-state index contributed by atoms with van der Waals surface area (Å²) in [5.74, 6) is -2.19. The predicted molar refractivity (Wildman–Crippen MR) is 205 cm³/mol. The molecule has 3 atom stereocenters. The van der Waals surface area contributed by atoms with Crippen LogP contribution in [0, 0.1) is 5.92 Å². The lowest BCUT2D eigenvalue weighted by molar-refractivity contribution is -0.159. The van der Waals surface area contributed by atoms with Crippen LogP contribution in [0.25, 0.3) is 0 Å². The molecule has 2 saturated heterocycles. The van der Waals surface area contributed by atoms with Gasteiger partial charge in [-0.1, -0.05) is 96.2 Å². The molecule has 0 spiro atoms. The van der Waals surface area contributed by atoms with Gasteiger partial charge in [0.2, 0.25) is 0 Å². The van der Waals surface area contributed by atoms with E-state index in [1.807, 2.05) is 54.6 Å². The second kappa shape index (κ2) is 15.1. The summed E-state index contributed by atoms with van der Waals surface area (Å²) < 4.78 is 10.9. The number of hydrogen-bond acceptors (Lipinski definition) is 12. The number of rotatable bonds is 11. The highest BCUT2D eigenvalue weighted by atomic mass is 32.2. The first kappa shape index (κ1) is 36.9. The Kier molecular flexibility index (Phi) is 10.3. The molecule has 4 aromatic rings. The Bertz CT molecular complexity index is 2020. The van der Waals surface area contributed by atoms with E-state index in [1.165, 1.54) is 35.1 Å². The fraction of sp³-hybridized carbons (Fsp3) is 0.300. The summed E-state index contributed by atoms with van der Waals surface area (Å²) in [4.78, 5) is 64.5. The Balaban J connectivity index is 1.16. The molecule has 0 bridgehead atoms. The summed E-state index contributed by atoms with van der Waals surface area (Å²) in [6.45, 7) is 5.34. The molecule has 3 aromatic carbocycles. The molecule has 2 N–H and O–H groups in total. The number of carbonyl (C=O) groups is 4. The first-order valence-corrected chi connectivity index (χ1v) is 19.3. The summed E-state index contributed by atoms with van der Waals surface area (Å²) in [5, 5.41) is 12.2. The van der Waals surface area contributed by atoms with Crippen LogP contribution < -0.4 is 10.6 Å². The van der Waals surface area contributed by atoms with Crippen molar-refractivity contribution in [3.63, 3.8) is 0 Å². The number of aromatic nitrogens is 1. The number of hydrogen-bond donors (Lipinski definition) is 2. The Labute approximate surface area is 321 Å². The van der Waals surface area contributed by atoms with Crippen LogP contribution in [-0.4, -0.2) is 75.8 Å². The van der Waals surface area contributed by atoms with Crippen LogP contribution in [0.15, 0.2) is 113 Å². The zero-order valence-corrected chi connectivity index (χ0v) is 31.7. The lowest BCUT2D eigenvalue weighted by atomic mass is 9.77. The highest BCUT2D eigenvalue weighted by Gasteiger charge is 2.56. The minimum absolute atomic E-state index is 0.104. The van der Waals surface area contributed by atoms with Crippen LogP contribution in [0.2, 0.25) is 0 Å². The summed E-state index contributed by atoms with van der Waals surface area (Å²) in [6, 6.07) is 29.2. The van der Waals surface area contributed by atoms with Gasteiger partial charge in [0.1, 0.15) is 41.1 Å². The molecule has 2 amide bonds. The number of carbonyl (C=O) groups excluding carboxylic acids is 4. The van der Waals surface area contributed by atoms with E-state index in [1.54, 1.807) is 26.2 Å². The molecule has 1 aromatic heterocycles. The number of benzene rings is 3. The van der Waals surface area contributed by atoms with Crippen molar-refractivity contribution in [2.45, 2.75) is 49.7 Å². The minimum atomic E-state index is -0.969. The number of thioether (sulfide) groups is 1. The molecule has 0 radical (unpaired) electrons. The average molecular weight is 766 g/mol. The third-order valence-corrected chi connectivity index (χ3v) is 11.3. The van der Waals surface area contributed by atoms with Gasteiger partial charge in [0, 0.05) is 17.1 Å². The highest BCUT2D eigenvalue weighted by molar-refractivity contribution is 8.00. The van der Waals surface area contributed by atoms with Gasteiger partial charge in [0.05, 0.1) is 13.0 Å². The van der Waals surface area contributed by atoms with Crippen LogP contribution in [-0.2, 0) is 39.0 Å². The molecule has 54 heavy (non-hydrogen) atoms. The number of nitrogens with zero attached hydrogens (tertiary/aromatic N) is 3. The van der Waals surface area contributed by atoms with E-state index in [4.69, 9.17) is 19.3 Å². The Hall–Kier alpha value is -5.47. The topological polar surface area (TPSA) is 149 Å². The van der Waals surface area contributed by atoms with E-state index in [-0.39, 0.29) is 42.0 Å². The first-order chi connectivity index (χ1) is 26.0. The lowest BCUT2D eigenvalue weighted by Crippen LogP contribution is -2.71. The maximum absolute atomic E-state index is 13.9. The SMILES string of the molecule is CO/N=C(\C(=O)N[C@@H]1C(=O)N2C(C(=O)OC(C)(C)C)=C(C3COC(=O)C3)CS[C@H]12)c1csc(NC(c2ccccc2)(c2ccccc2)c2ccccc2)n1.